The normalized spacial score (nSPS) is 36.6. The maximum absolute atomic E-state index is 13.0. The average molecular weight is 394 g/mol. The van der Waals surface area contributed by atoms with E-state index < -0.39 is 35.7 Å². The van der Waals surface area contributed by atoms with Crippen molar-refractivity contribution >= 4 is 17.8 Å². The first-order valence-corrected chi connectivity index (χ1v) is 10.1. The van der Waals surface area contributed by atoms with Crippen molar-refractivity contribution in [3.63, 3.8) is 0 Å². The zero-order chi connectivity index (χ0) is 20.3. The van der Waals surface area contributed by atoms with Gasteiger partial charge in [0, 0.05) is 25.5 Å². The Morgan fingerprint density at radius 2 is 2.21 bits per heavy atom. The Kier molecular flexibility index (Phi) is 6.40. The van der Waals surface area contributed by atoms with Crippen LogP contribution < -0.4 is 5.32 Å². The fourth-order valence-electron chi connectivity index (χ4n) is 4.01. The summed E-state index contributed by atoms with van der Waals surface area (Å²) in [6.07, 6.45) is 5.72. The average Bonchev–Trinajstić information content (AvgIpc) is 3.21. The van der Waals surface area contributed by atoms with Crippen LogP contribution >= 0.6 is 0 Å². The van der Waals surface area contributed by atoms with Crippen molar-refractivity contribution in [1.82, 2.24) is 10.2 Å². The predicted molar refractivity (Wildman–Crippen MR) is 100 cm³/mol. The van der Waals surface area contributed by atoms with E-state index in [2.05, 4.69) is 5.32 Å². The molecule has 1 aliphatic carbocycles. The van der Waals surface area contributed by atoms with E-state index in [1.54, 1.807) is 13.8 Å². The minimum Gasteiger partial charge on any atom is -0.464 e. The Labute approximate surface area is 165 Å². The minimum absolute atomic E-state index is 0.0837. The lowest BCUT2D eigenvalue weighted by molar-refractivity contribution is -0.151. The Morgan fingerprint density at radius 3 is 2.96 bits per heavy atom. The van der Waals surface area contributed by atoms with Gasteiger partial charge < -0.3 is 24.8 Å². The number of ether oxygens (including phenoxy) is 2. The van der Waals surface area contributed by atoms with E-state index in [0.29, 0.717) is 13.0 Å². The van der Waals surface area contributed by atoms with Crippen molar-refractivity contribution in [1.29, 1.82) is 0 Å². The van der Waals surface area contributed by atoms with Crippen LogP contribution in [0.1, 0.15) is 46.0 Å². The van der Waals surface area contributed by atoms with Crippen LogP contribution in [0.15, 0.2) is 12.2 Å². The van der Waals surface area contributed by atoms with Crippen molar-refractivity contribution in [3.05, 3.63) is 12.2 Å². The van der Waals surface area contributed by atoms with Crippen molar-refractivity contribution in [2.75, 3.05) is 19.8 Å². The van der Waals surface area contributed by atoms with Crippen LogP contribution in [0.2, 0.25) is 0 Å². The van der Waals surface area contributed by atoms with Crippen LogP contribution in [-0.2, 0) is 23.9 Å². The summed E-state index contributed by atoms with van der Waals surface area (Å²) >= 11 is 0. The Morgan fingerprint density at radius 1 is 1.43 bits per heavy atom. The summed E-state index contributed by atoms with van der Waals surface area (Å²) in [4.78, 5) is 39.7. The Hall–Kier alpha value is -1.93. The molecule has 2 aliphatic heterocycles. The van der Waals surface area contributed by atoms with Gasteiger partial charge in [0.05, 0.1) is 12.7 Å². The van der Waals surface area contributed by atoms with Crippen molar-refractivity contribution in [2.45, 2.75) is 69.7 Å². The highest BCUT2D eigenvalue weighted by Gasteiger charge is 2.62. The van der Waals surface area contributed by atoms with Crippen LogP contribution in [0.5, 0.6) is 0 Å². The molecule has 156 valence electrons. The number of rotatable bonds is 2. The molecule has 3 aliphatic rings. The molecule has 0 radical (unpaired) electrons. The van der Waals surface area contributed by atoms with Crippen molar-refractivity contribution < 1.29 is 29.0 Å². The highest BCUT2D eigenvalue weighted by Crippen LogP contribution is 2.46. The summed E-state index contributed by atoms with van der Waals surface area (Å²) in [5.41, 5.74) is -1.08. The molecule has 5 unspecified atom stereocenters. The van der Waals surface area contributed by atoms with Gasteiger partial charge in [0.1, 0.15) is 17.7 Å². The first-order chi connectivity index (χ1) is 13.4. The highest BCUT2D eigenvalue weighted by atomic mass is 16.5. The van der Waals surface area contributed by atoms with E-state index in [9.17, 15) is 19.5 Å². The van der Waals surface area contributed by atoms with E-state index in [-0.39, 0.29) is 31.4 Å². The molecule has 0 bridgehead atoms. The summed E-state index contributed by atoms with van der Waals surface area (Å²) in [7, 11) is 0. The fourth-order valence-corrected chi connectivity index (χ4v) is 4.01. The number of hydrogen-bond acceptors (Lipinski definition) is 6. The van der Waals surface area contributed by atoms with Gasteiger partial charge in [-0.1, -0.05) is 12.2 Å². The third kappa shape index (κ3) is 4.22. The summed E-state index contributed by atoms with van der Waals surface area (Å²) < 4.78 is 10.8. The van der Waals surface area contributed by atoms with Crippen LogP contribution in [0.3, 0.4) is 0 Å². The number of fused-ring (bicyclic) bond motifs is 2. The van der Waals surface area contributed by atoms with Crippen LogP contribution in [0.25, 0.3) is 0 Å². The van der Waals surface area contributed by atoms with E-state index in [0.717, 1.165) is 19.3 Å². The number of carbonyl (C=O) groups excluding carboxylic acids is 3. The number of nitrogens with one attached hydrogen (secondary N) is 1. The molecule has 28 heavy (non-hydrogen) atoms. The van der Waals surface area contributed by atoms with Crippen LogP contribution in [0.4, 0.5) is 0 Å². The van der Waals surface area contributed by atoms with Gasteiger partial charge in [-0.15, -0.1) is 0 Å². The molecule has 3 rings (SSSR count). The monoisotopic (exact) mass is 394 g/mol. The highest BCUT2D eigenvalue weighted by molar-refractivity contribution is 5.96. The van der Waals surface area contributed by atoms with Crippen molar-refractivity contribution in [2.24, 2.45) is 5.92 Å². The van der Waals surface area contributed by atoms with Gasteiger partial charge in [0.2, 0.25) is 5.91 Å². The van der Waals surface area contributed by atoms with Crippen LogP contribution in [0, 0.1) is 5.92 Å². The smallest absolute Gasteiger partial charge is 0.332 e. The zero-order valence-electron chi connectivity index (χ0n) is 16.6. The topological polar surface area (TPSA) is 105 Å². The molecule has 5 atom stereocenters. The molecule has 2 N–H and O–H groups in total. The second kappa shape index (κ2) is 8.61. The summed E-state index contributed by atoms with van der Waals surface area (Å²) in [6, 6.07) is -0.824. The second-order valence-corrected chi connectivity index (χ2v) is 7.82. The maximum atomic E-state index is 13.0. The number of allylic oxidation sites excluding steroid dienone is 1. The number of hydrogen-bond donors (Lipinski definition) is 2. The lowest BCUT2D eigenvalue weighted by atomic mass is 10.1. The quantitative estimate of drug-likeness (QED) is 0.523. The van der Waals surface area contributed by atoms with Gasteiger partial charge in [-0.3, -0.25) is 9.59 Å². The Balaban J connectivity index is 1.84. The number of esters is 1. The zero-order valence-corrected chi connectivity index (χ0v) is 16.6. The molecule has 8 heteroatoms. The van der Waals surface area contributed by atoms with Gasteiger partial charge in [-0.25, -0.2) is 4.79 Å². The number of carbonyl (C=O) groups is 3. The lowest BCUT2D eigenvalue weighted by Crippen LogP contribution is -2.54. The minimum atomic E-state index is -1.08. The number of amides is 2. The number of nitrogens with zero attached hydrogens (tertiary/aromatic N) is 1. The molecule has 0 aromatic rings. The molecule has 2 amide bonds. The molecule has 0 aromatic carbocycles. The first-order valence-electron chi connectivity index (χ1n) is 10.1. The molecular weight excluding hydrogens is 364 g/mol. The summed E-state index contributed by atoms with van der Waals surface area (Å²) in [5.74, 6) is -1.32. The molecular formula is C20H30N2O6. The lowest BCUT2D eigenvalue weighted by Gasteiger charge is -2.28. The first kappa shape index (κ1) is 20.8. The molecule has 1 saturated heterocycles. The van der Waals surface area contributed by atoms with E-state index in [1.807, 2.05) is 12.2 Å². The number of aliphatic hydroxyl groups excluding tert-OH is 1. The van der Waals surface area contributed by atoms with Gasteiger partial charge in [-0.05, 0) is 39.5 Å². The summed E-state index contributed by atoms with van der Waals surface area (Å²) in [5, 5.41) is 12.9. The molecule has 0 aromatic heterocycles. The van der Waals surface area contributed by atoms with Gasteiger partial charge >= 0.3 is 5.97 Å². The second-order valence-electron chi connectivity index (χ2n) is 7.82. The van der Waals surface area contributed by atoms with E-state index in [1.165, 1.54) is 4.90 Å². The molecule has 0 spiro atoms. The molecule has 8 nitrogen and oxygen atoms in total. The van der Waals surface area contributed by atoms with E-state index >= 15 is 0 Å². The summed E-state index contributed by atoms with van der Waals surface area (Å²) in [6.45, 7) is 4.17. The Bertz CT molecular complexity index is 651. The van der Waals surface area contributed by atoms with E-state index in [4.69, 9.17) is 9.47 Å². The fraction of sp³-hybridized carbons (Fsp3) is 0.750. The van der Waals surface area contributed by atoms with Gasteiger partial charge in [0.25, 0.3) is 5.91 Å². The standard InChI is InChI=1S/C20H30N2O6/c1-3-27-19(26)20-11-14(20)8-6-4-5-7-9-28-13(2)18(25)22-12-15(23)10-16(22)17(24)21-20/h6,8,13-16,23H,3-5,7,9-12H2,1-2H3,(H,21,24). The molecule has 2 heterocycles. The predicted octanol–water partition coefficient (Wildman–Crippen LogP) is 0.531. The molecule has 2 fully saturated rings. The SMILES string of the molecule is CCOC(=O)C12CC1C=CCCCCOC(C)C(=O)N1CC(O)CC1C(=O)N2. The third-order valence-corrected chi connectivity index (χ3v) is 5.71. The largest absolute Gasteiger partial charge is 0.464 e. The molecule has 1 saturated carbocycles. The number of aliphatic hydroxyl groups is 1. The van der Waals surface area contributed by atoms with Gasteiger partial charge in [0.15, 0.2) is 0 Å². The van der Waals surface area contributed by atoms with Crippen LogP contribution in [-0.4, -0.2) is 71.3 Å². The maximum Gasteiger partial charge on any atom is 0.332 e. The van der Waals surface area contributed by atoms with Crippen molar-refractivity contribution in [3.8, 4) is 0 Å². The third-order valence-electron chi connectivity index (χ3n) is 5.71. The van der Waals surface area contributed by atoms with Gasteiger partial charge in [-0.2, -0.15) is 0 Å².